The van der Waals surface area contributed by atoms with Crippen LogP contribution in [0.15, 0.2) is 67.1 Å². The Morgan fingerprint density at radius 3 is 2.69 bits per heavy atom. The Bertz CT molecular complexity index is 1410. The Morgan fingerprint density at radius 2 is 1.86 bits per heavy atom. The molecule has 1 fully saturated rings. The molecule has 0 unspecified atom stereocenters. The summed E-state index contributed by atoms with van der Waals surface area (Å²) in [7, 11) is 1.62. The number of aromatic nitrogens is 3. The third-order valence-corrected chi connectivity index (χ3v) is 6.84. The molecule has 1 saturated carbocycles. The summed E-state index contributed by atoms with van der Waals surface area (Å²) in [6.07, 6.45) is 8.71. The Hall–Kier alpha value is -4.04. The van der Waals surface area contributed by atoms with E-state index in [4.69, 9.17) is 0 Å². The molecule has 2 atom stereocenters. The molecule has 3 heterocycles. The quantitative estimate of drug-likeness (QED) is 0.390. The Morgan fingerprint density at radius 1 is 1.03 bits per heavy atom. The minimum Gasteiger partial charge on any atom is -0.391 e. The molecule has 4 aromatic rings. The lowest BCUT2D eigenvalue weighted by molar-refractivity contribution is 0.0712. The second kappa shape index (κ2) is 10.3. The van der Waals surface area contributed by atoms with Gasteiger partial charge >= 0.3 is 0 Å². The largest absolute Gasteiger partial charge is 0.391 e. The van der Waals surface area contributed by atoms with Gasteiger partial charge in [-0.25, -0.2) is 4.52 Å². The standard InChI is InChI=1S/C28H29N5O3/c1-29-27(35)22-8-3-2-7-21(22)20-12-13-30-17-19(20)15-18-16-24(32-33-14-6-10-25(18)33)28(36)31-23-9-4-5-11-26(23)34/h2-3,6-8,10,12-14,16-17,23,26,34H,4-5,9,11,15H2,1H3,(H,29,35)(H,31,36)/t23-,26-/m0/s1. The van der Waals surface area contributed by atoms with E-state index in [1.807, 2.05) is 42.6 Å². The number of nitrogens with zero attached hydrogens (tertiary/aromatic N) is 3. The number of carbonyl (C=O) groups is 2. The molecule has 0 spiro atoms. The summed E-state index contributed by atoms with van der Waals surface area (Å²) in [5, 5.41) is 20.5. The van der Waals surface area contributed by atoms with Crippen molar-refractivity contribution in [2.45, 2.75) is 44.2 Å². The van der Waals surface area contributed by atoms with Gasteiger partial charge in [0.2, 0.25) is 0 Å². The highest BCUT2D eigenvalue weighted by molar-refractivity contribution is 6.01. The van der Waals surface area contributed by atoms with E-state index in [0.29, 0.717) is 24.1 Å². The topological polar surface area (TPSA) is 109 Å². The van der Waals surface area contributed by atoms with E-state index < -0.39 is 6.10 Å². The van der Waals surface area contributed by atoms with E-state index in [9.17, 15) is 14.7 Å². The van der Waals surface area contributed by atoms with Gasteiger partial charge in [-0.2, -0.15) is 5.10 Å². The highest BCUT2D eigenvalue weighted by Gasteiger charge is 2.26. The Balaban J connectivity index is 1.51. The lowest BCUT2D eigenvalue weighted by Gasteiger charge is -2.28. The highest BCUT2D eigenvalue weighted by atomic mass is 16.3. The molecular weight excluding hydrogens is 454 g/mol. The lowest BCUT2D eigenvalue weighted by Crippen LogP contribution is -2.45. The average Bonchev–Trinajstić information content (AvgIpc) is 3.39. The van der Waals surface area contributed by atoms with Crippen LogP contribution in [-0.2, 0) is 6.42 Å². The molecule has 1 aliphatic rings. The molecule has 5 rings (SSSR count). The number of aliphatic hydroxyl groups is 1. The first-order valence-corrected chi connectivity index (χ1v) is 12.3. The van der Waals surface area contributed by atoms with Gasteiger partial charge in [-0.15, -0.1) is 0 Å². The number of fused-ring (bicyclic) bond motifs is 1. The third-order valence-electron chi connectivity index (χ3n) is 6.84. The maximum absolute atomic E-state index is 13.1. The summed E-state index contributed by atoms with van der Waals surface area (Å²) in [6.45, 7) is 0. The third kappa shape index (κ3) is 4.72. The SMILES string of the molecule is CNC(=O)c1ccccc1-c1ccncc1Cc1cc(C(=O)N[C@H]2CCCC[C@@H]2O)nn2cccc12. The second-order valence-corrected chi connectivity index (χ2v) is 9.16. The number of carbonyl (C=O) groups excluding carboxylic acids is 2. The first-order valence-electron chi connectivity index (χ1n) is 12.3. The van der Waals surface area contributed by atoms with Crippen LogP contribution in [0.3, 0.4) is 0 Å². The summed E-state index contributed by atoms with van der Waals surface area (Å²) in [5.74, 6) is -0.454. The minimum atomic E-state index is -0.532. The van der Waals surface area contributed by atoms with E-state index in [-0.39, 0.29) is 17.9 Å². The smallest absolute Gasteiger partial charge is 0.272 e. The number of amides is 2. The number of pyridine rings is 1. The molecule has 0 aliphatic heterocycles. The van der Waals surface area contributed by atoms with Crippen LogP contribution < -0.4 is 10.6 Å². The van der Waals surface area contributed by atoms with Crippen LogP contribution in [0, 0.1) is 0 Å². The second-order valence-electron chi connectivity index (χ2n) is 9.16. The Labute approximate surface area is 209 Å². The summed E-state index contributed by atoms with van der Waals surface area (Å²) >= 11 is 0. The summed E-state index contributed by atoms with van der Waals surface area (Å²) in [6, 6.07) is 14.8. The minimum absolute atomic E-state index is 0.157. The molecule has 2 amide bonds. The van der Waals surface area contributed by atoms with Crippen LogP contribution >= 0.6 is 0 Å². The van der Waals surface area contributed by atoms with E-state index in [1.165, 1.54) is 0 Å². The fraction of sp³-hybridized carbons (Fsp3) is 0.286. The van der Waals surface area contributed by atoms with Crippen molar-refractivity contribution in [1.82, 2.24) is 25.2 Å². The van der Waals surface area contributed by atoms with Gasteiger partial charge in [-0.3, -0.25) is 14.6 Å². The molecule has 3 N–H and O–H groups in total. The predicted molar refractivity (Wildman–Crippen MR) is 137 cm³/mol. The maximum Gasteiger partial charge on any atom is 0.272 e. The molecule has 8 nitrogen and oxygen atoms in total. The fourth-order valence-electron chi connectivity index (χ4n) is 4.96. The van der Waals surface area contributed by atoms with Crippen LogP contribution in [0.5, 0.6) is 0 Å². The lowest BCUT2D eigenvalue weighted by atomic mass is 9.92. The first-order chi connectivity index (χ1) is 17.5. The van der Waals surface area contributed by atoms with E-state index in [1.54, 1.807) is 36.1 Å². The van der Waals surface area contributed by atoms with Gasteiger partial charge in [0.05, 0.1) is 17.7 Å². The van der Waals surface area contributed by atoms with Gasteiger partial charge in [-0.05, 0) is 65.4 Å². The van der Waals surface area contributed by atoms with Gasteiger partial charge in [0.1, 0.15) is 5.69 Å². The van der Waals surface area contributed by atoms with Gasteiger partial charge in [0.15, 0.2) is 0 Å². The number of nitrogens with one attached hydrogen (secondary N) is 2. The van der Waals surface area contributed by atoms with Gasteiger partial charge in [0, 0.05) is 37.6 Å². The molecule has 0 bridgehead atoms. The monoisotopic (exact) mass is 483 g/mol. The first kappa shape index (κ1) is 23.7. The zero-order valence-corrected chi connectivity index (χ0v) is 20.1. The van der Waals surface area contributed by atoms with E-state index in [0.717, 1.165) is 47.0 Å². The van der Waals surface area contributed by atoms with E-state index >= 15 is 0 Å². The van der Waals surface area contributed by atoms with Crippen molar-refractivity contribution in [2.24, 2.45) is 0 Å². The normalized spacial score (nSPS) is 17.6. The van der Waals surface area contributed by atoms with Gasteiger partial charge in [-0.1, -0.05) is 31.0 Å². The maximum atomic E-state index is 13.1. The zero-order chi connectivity index (χ0) is 25.1. The molecule has 184 valence electrons. The predicted octanol–water partition coefficient (Wildman–Crippen LogP) is 3.38. The molecule has 1 aromatic carbocycles. The summed E-state index contributed by atoms with van der Waals surface area (Å²) < 4.78 is 1.70. The molecular formula is C28H29N5O3. The van der Waals surface area contributed by atoms with Gasteiger partial charge in [0.25, 0.3) is 11.8 Å². The average molecular weight is 484 g/mol. The van der Waals surface area contributed by atoms with Crippen LogP contribution in [0.1, 0.15) is 57.7 Å². The van der Waals surface area contributed by atoms with Crippen molar-refractivity contribution in [3.8, 4) is 11.1 Å². The van der Waals surface area contributed by atoms with Crippen molar-refractivity contribution >= 4 is 17.3 Å². The fourth-order valence-corrected chi connectivity index (χ4v) is 4.96. The molecule has 8 heteroatoms. The molecule has 36 heavy (non-hydrogen) atoms. The van der Waals surface area contributed by atoms with Crippen molar-refractivity contribution < 1.29 is 14.7 Å². The summed E-state index contributed by atoms with van der Waals surface area (Å²) in [5.41, 5.74) is 5.33. The number of hydrogen-bond donors (Lipinski definition) is 3. The van der Waals surface area contributed by atoms with Crippen LogP contribution in [-0.4, -0.2) is 50.7 Å². The van der Waals surface area contributed by atoms with Crippen molar-refractivity contribution in [3.05, 3.63) is 89.5 Å². The zero-order valence-electron chi connectivity index (χ0n) is 20.1. The number of aliphatic hydroxyl groups excluding tert-OH is 1. The molecule has 1 aliphatic carbocycles. The van der Waals surface area contributed by atoms with E-state index in [2.05, 4.69) is 20.7 Å². The molecule has 0 saturated heterocycles. The molecule has 0 radical (unpaired) electrons. The van der Waals surface area contributed by atoms with Gasteiger partial charge < -0.3 is 15.7 Å². The Kier molecular flexibility index (Phi) is 6.77. The highest BCUT2D eigenvalue weighted by Crippen LogP contribution is 2.29. The van der Waals surface area contributed by atoms with Crippen LogP contribution in [0.25, 0.3) is 16.6 Å². The van der Waals surface area contributed by atoms with Crippen LogP contribution in [0.2, 0.25) is 0 Å². The van der Waals surface area contributed by atoms with Crippen molar-refractivity contribution in [3.63, 3.8) is 0 Å². The van der Waals surface area contributed by atoms with Crippen molar-refractivity contribution in [1.29, 1.82) is 0 Å². The van der Waals surface area contributed by atoms with Crippen LogP contribution in [0.4, 0.5) is 0 Å². The summed E-state index contributed by atoms with van der Waals surface area (Å²) in [4.78, 5) is 30.0. The number of benzene rings is 1. The molecule has 3 aromatic heterocycles. The number of rotatable bonds is 6. The van der Waals surface area contributed by atoms with Crippen molar-refractivity contribution in [2.75, 3.05) is 7.05 Å². The number of hydrogen-bond acceptors (Lipinski definition) is 5.